The number of aryl methyl sites for hydroxylation is 1. The molecule has 13 heavy (non-hydrogen) atoms. The van der Waals surface area contributed by atoms with Gasteiger partial charge in [0.1, 0.15) is 12.0 Å². The molecule has 0 aliphatic heterocycles. The van der Waals surface area contributed by atoms with Crippen molar-refractivity contribution in [1.82, 2.24) is 0 Å². The Kier molecular flexibility index (Phi) is 3.25. The van der Waals surface area contributed by atoms with E-state index in [1.54, 1.807) is 6.92 Å². The van der Waals surface area contributed by atoms with Crippen LogP contribution in [-0.2, 0) is 4.74 Å². The lowest BCUT2D eigenvalue weighted by Crippen LogP contribution is -2.13. The molecule has 1 aromatic rings. The lowest BCUT2D eigenvalue weighted by Gasteiger charge is -2.12. The van der Waals surface area contributed by atoms with Crippen LogP contribution in [0.5, 0.6) is 0 Å². The van der Waals surface area contributed by atoms with E-state index in [0.29, 0.717) is 16.1 Å². The second kappa shape index (κ2) is 4.05. The number of rotatable bonds is 2. The molecule has 1 rings (SSSR count). The van der Waals surface area contributed by atoms with Gasteiger partial charge in [-0.25, -0.2) is 4.39 Å². The molecule has 0 aliphatic rings. The molecule has 0 bridgehead atoms. The third-order valence-corrected chi connectivity index (χ3v) is 2.17. The second-order valence-electron chi connectivity index (χ2n) is 2.78. The smallest absolute Gasteiger partial charge is 0.132 e. The predicted molar refractivity (Wildman–Crippen MR) is 50.1 cm³/mol. The van der Waals surface area contributed by atoms with Crippen LogP contribution in [0.25, 0.3) is 0 Å². The van der Waals surface area contributed by atoms with E-state index in [1.165, 1.54) is 19.2 Å². The summed E-state index contributed by atoms with van der Waals surface area (Å²) >= 11 is 5.85. The van der Waals surface area contributed by atoms with Crippen molar-refractivity contribution in [3.05, 3.63) is 34.1 Å². The van der Waals surface area contributed by atoms with Crippen LogP contribution >= 0.6 is 11.6 Å². The van der Waals surface area contributed by atoms with Crippen molar-refractivity contribution in [3.63, 3.8) is 0 Å². The fourth-order valence-corrected chi connectivity index (χ4v) is 1.33. The first-order chi connectivity index (χ1) is 6.06. The third kappa shape index (κ3) is 2.18. The average molecular weight is 204 g/mol. The zero-order valence-electron chi connectivity index (χ0n) is 7.47. The van der Waals surface area contributed by atoms with Crippen molar-refractivity contribution in [2.75, 3.05) is 7.11 Å². The minimum Gasteiger partial charge on any atom is -0.362 e. The van der Waals surface area contributed by atoms with Crippen molar-refractivity contribution in [2.45, 2.75) is 13.2 Å². The Morgan fingerprint density at radius 2 is 2.15 bits per heavy atom. The van der Waals surface area contributed by atoms with Crippen LogP contribution in [0.4, 0.5) is 4.39 Å². The largest absolute Gasteiger partial charge is 0.362 e. The maximum Gasteiger partial charge on any atom is 0.132 e. The minimum absolute atomic E-state index is 0.327. The van der Waals surface area contributed by atoms with E-state index in [1.807, 2.05) is 0 Å². The van der Waals surface area contributed by atoms with Crippen LogP contribution in [0.1, 0.15) is 17.4 Å². The Hall–Kier alpha value is -0.640. The maximum atomic E-state index is 13.1. The normalized spacial score (nSPS) is 13.0. The molecule has 2 nitrogen and oxygen atoms in total. The Morgan fingerprint density at radius 1 is 1.54 bits per heavy atom. The summed E-state index contributed by atoms with van der Waals surface area (Å²) in [6.07, 6.45) is -0.678. The number of methoxy groups -OCH3 is 1. The Labute approximate surface area is 81.4 Å². The van der Waals surface area contributed by atoms with Gasteiger partial charge < -0.3 is 10.5 Å². The summed E-state index contributed by atoms with van der Waals surface area (Å²) in [5, 5.41) is 0.424. The summed E-state index contributed by atoms with van der Waals surface area (Å²) in [5.74, 6) is -0.327. The van der Waals surface area contributed by atoms with Crippen LogP contribution in [0.15, 0.2) is 12.1 Å². The molecule has 1 atom stereocenters. The fourth-order valence-electron chi connectivity index (χ4n) is 1.01. The molecular formula is C9H11ClFNO. The fraction of sp³-hybridized carbons (Fsp3) is 0.333. The Balaban J connectivity index is 3.15. The van der Waals surface area contributed by atoms with Crippen LogP contribution in [0.2, 0.25) is 5.02 Å². The molecule has 0 spiro atoms. The molecule has 0 amide bonds. The highest BCUT2D eigenvalue weighted by molar-refractivity contribution is 6.31. The number of halogens is 2. The van der Waals surface area contributed by atoms with Gasteiger partial charge in [-0.3, -0.25) is 0 Å². The molecule has 0 saturated heterocycles. The molecule has 1 aromatic carbocycles. The molecule has 4 heteroatoms. The summed E-state index contributed by atoms with van der Waals surface area (Å²) < 4.78 is 17.9. The molecule has 0 heterocycles. The lowest BCUT2D eigenvalue weighted by molar-refractivity contribution is 0.109. The first-order valence-corrected chi connectivity index (χ1v) is 4.18. The zero-order valence-corrected chi connectivity index (χ0v) is 8.23. The van der Waals surface area contributed by atoms with Gasteiger partial charge in [0.2, 0.25) is 0 Å². The monoisotopic (exact) mass is 203 g/mol. The van der Waals surface area contributed by atoms with Crippen molar-refractivity contribution in [2.24, 2.45) is 5.73 Å². The molecule has 0 fully saturated rings. The highest BCUT2D eigenvalue weighted by atomic mass is 35.5. The first kappa shape index (κ1) is 10.4. The molecule has 72 valence electrons. The third-order valence-electron chi connectivity index (χ3n) is 1.84. The van der Waals surface area contributed by atoms with E-state index in [-0.39, 0.29) is 5.82 Å². The van der Waals surface area contributed by atoms with Crippen molar-refractivity contribution < 1.29 is 9.13 Å². The maximum absolute atomic E-state index is 13.1. The van der Waals surface area contributed by atoms with Gasteiger partial charge in [0.25, 0.3) is 0 Å². The SMILES string of the molecule is COC(N)c1cc(F)c(C)cc1Cl. The summed E-state index contributed by atoms with van der Waals surface area (Å²) in [6, 6.07) is 2.83. The number of nitrogens with two attached hydrogens (primary N) is 1. The number of hydrogen-bond donors (Lipinski definition) is 1. The van der Waals surface area contributed by atoms with Gasteiger partial charge in [0.05, 0.1) is 0 Å². The average Bonchev–Trinajstić information content (AvgIpc) is 2.10. The first-order valence-electron chi connectivity index (χ1n) is 3.80. The number of ether oxygens (including phenoxy) is 1. The van der Waals surface area contributed by atoms with Crippen LogP contribution in [-0.4, -0.2) is 7.11 Å². The Bertz CT molecular complexity index is 317. The van der Waals surface area contributed by atoms with E-state index >= 15 is 0 Å². The van der Waals surface area contributed by atoms with Gasteiger partial charge in [-0.05, 0) is 24.6 Å². The highest BCUT2D eigenvalue weighted by Crippen LogP contribution is 2.24. The minimum atomic E-state index is -0.678. The van der Waals surface area contributed by atoms with Gasteiger partial charge in [-0.2, -0.15) is 0 Å². The van der Waals surface area contributed by atoms with Crippen LogP contribution < -0.4 is 5.73 Å². The van der Waals surface area contributed by atoms with Crippen molar-refractivity contribution >= 4 is 11.6 Å². The van der Waals surface area contributed by atoms with Gasteiger partial charge >= 0.3 is 0 Å². The second-order valence-corrected chi connectivity index (χ2v) is 3.19. The van der Waals surface area contributed by atoms with E-state index in [0.717, 1.165) is 0 Å². The summed E-state index contributed by atoms with van der Waals surface area (Å²) in [6.45, 7) is 1.64. The standard InChI is InChI=1S/C9H11ClFNO/c1-5-3-7(10)6(4-8(5)11)9(12)13-2/h3-4,9H,12H2,1-2H3. The molecule has 0 aliphatic carbocycles. The molecule has 0 saturated carbocycles. The van der Waals surface area contributed by atoms with Crippen LogP contribution in [0.3, 0.4) is 0 Å². The highest BCUT2D eigenvalue weighted by Gasteiger charge is 2.11. The number of benzene rings is 1. The molecule has 0 aromatic heterocycles. The zero-order chi connectivity index (χ0) is 10.0. The van der Waals surface area contributed by atoms with E-state index in [4.69, 9.17) is 22.1 Å². The van der Waals surface area contributed by atoms with Gasteiger partial charge in [-0.15, -0.1) is 0 Å². The molecule has 1 unspecified atom stereocenters. The van der Waals surface area contributed by atoms with Gasteiger partial charge in [0.15, 0.2) is 0 Å². The Morgan fingerprint density at radius 3 is 2.69 bits per heavy atom. The summed E-state index contributed by atoms with van der Waals surface area (Å²) in [4.78, 5) is 0. The van der Waals surface area contributed by atoms with Gasteiger partial charge in [0, 0.05) is 17.7 Å². The summed E-state index contributed by atoms with van der Waals surface area (Å²) in [5.41, 5.74) is 6.50. The van der Waals surface area contributed by atoms with E-state index in [2.05, 4.69) is 0 Å². The topological polar surface area (TPSA) is 35.2 Å². The van der Waals surface area contributed by atoms with E-state index in [9.17, 15) is 4.39 Å². The van der Waals surface area contributed by atoms with Crippen LogP contribution in [0, 0.1) is 12.7 Å². The summed E-state index contributed by atoms with van der Waals surface area (Å²) in [7, 11) is 1.44. The quantitative estimate of drug-likeness (QED) is 0.750. The van der Waals surface area contributed by atoms with Crippen molar-refractivity contribution in [1.29, 1.82) is 0 Å². The van der Waals surface area contributed by atoms with E-state index < -0.39 is 6.23 Å². The molecule has 2 N–H and O–H groups in total. The number of hydrogen-bond acceptors (Lipinski definition) is 2. The van der Waals surface area contributed by atoms with Crippen molar-refractivity contribution in [3.8, 4) is 0 Å². The molecule has 0 radical (unpaired) electrons. The van der Waals surface area contributed by atoms with Gasteiger partial charge in [-0.1, -0.05) is 11.6 Å². The predicted octanol–water partition coefficient (Wildman–Crippen LogP) is 2.39. The molecular weight excluding hydrogens is 193 g/mol. The lowest BCUT2D eigenvalue weighted by atomic mass is 10.1.